The average molecular weight is 530 g/mol. The molecule has 1 aromatic rings. The summed E-state index contributed by atoms with van der Waals surface area (Å²) >= 11 is 0. The second kappa shape index (κ2) is 14.0. The lowest BCUT2D eigenvalue weighted by Crippen LogP contribution is -2.44. The van der Waals surface area contributed by atoms with E-state index in [1.165, 1.54) is 0 Å². The fourth-order valence-electron chi connectivity index (χ4n) is 2.77. The zero-order chi connectivity index (χ0) is 20.2. The van der Waals surface area contributed by atoms with E-state index in [0.29, 0.717) is 12.1 Å². The molecule has 0 spiro atoms. The van der Waals surface area contributed by atoms with Crippen molar-refractivity contribution in [2.24, 2.45) is 4.99 Å². The second-order valence-electron chi connectivity index (χ2n) is 6.50. The maximum absolute atomic E-state index is 12.2. The maximum Gasteiger partial charge on any atom is 0.411 e. The van der Waals surface area contributed by atoms with Crippen LogP contribution in [0.15, 0.2) is 29.3 Å². The van der Waals surface area contributed by atoms with Gasteiger partial charge < -0.3 is 20.1 Å². The lowest BCUT2D eigenvalue weighted by Gasteiger charge is -2.26. The van der Waals surface area contributed by atoms with Gasteiger partial charge in [0, 0.05) is 32.7 Å². The standard InChI is InChI=1S/C19H29F3N4O2.HI/c1-2-23-18(24-6-7-26-8-10-27-11-9-26)25-13-16-4-3-5-17(12-16)14-28-15-19(20,21)22;/h3-5,12H,2,6-11,13-15H2,1H3,(H2,23,24,25);1H. The average Bonchev–Trinajstić information content (AvgIpc) is 2.66. The van der Waals surface area contributed by atoms with Crippen molar-refractivity contribution in [1.82, 2.24) is 15.5 Å². The zero-order valence-electron chi connectivity index (χ0n) is 16.6. The van der Waals surface area contributed by atoms with Crippen molar-refractivity contribution >= 4 is 29.9 Å². The second-order valence-corrected chi connectivity index (χ2v) is 6.50. The van der Waals surface area contributed by atoms with Crippen LogP contribution in [0, 0.1) is 0 Å². The van der Waals surface area contributed by atoms with Crippen LogP contribution in [0.2, 0.25) is 0 Å². The van der Waals surface area contributed by atoms with E-state index in [2.05, 4.69) is 20.5 Å². The van der Waals surface area contributed by atoms with Gasteiger partial charge in [-0.1, -0.05) is 24.3 Å². The summed E-state index contributed by atoms with van der Waals surface area (Å²) in [6, 6.07) is 7.26. The lowest BCUT2D eigenvalue weighted by atomic mass is 10.1. The summed E-state index contributed by atoms with van der Waals surface area (Å²) in [5.41, 5.74) is 1.61. The summed E-state index contributed by atoms with van der Waals surface area (Å²) in [6.07, 6.45) is -4.31. The van der Waals surface area contributed by atoms with Crippen LogP contribution in [0.1, 0.15) is 18.1 Å². The predicted octanol–water partition coefficient (Wildman–Crippen LogP) is 2.77. The molecule has 0 radical (unpaired) electrons. The number of alkyl halides is 3. The molecule has 29 heavy (non-hydrogen) atoms. The number of morpholine rings is 1. The SMILES string of the molecule is CCNC(=NCc1cccc(COCC(F)(F)F)c1)NCCN1CCOCC1.I. The van der Waals surface area contributed by atoms with Crippen molar-refractivity contribution < 1.29 is 22.6 Å². The third-order valence-electron chi connectivity index (χ3n) is 4.11. The smallest absolute Gasteiger partial charge is 0.379 e. The van der Waals surface area contributed by atoms with Crippen LogP contribution in [0.3, 0.4) is 0 Å². The molecule has 0 atom stereocenters. The van der Waals surface area contributed by atoms with Crippen LogP contribution in [0.5, 0.6) is 0 Å². The number of nitrogens with zero attached hydrogens (tertiary/aromatic N) is 2. The van der Waals surface area contributed by atoms with Crippen molar-refractivity contribution in [3.63, 3.8) is 0 Å². The van der Waals surface area contributed by atoms with E-state index < -0.39 is 12.8 Å². The molecule has 0 aliphatic carbocycles. The Morgan fingerprint density at radius 3 is 2.62 bits per heavy atom. The van der Waals surface area contributed by atoms with Gasteiger partial charge in [0.15, 0.2) is 5.96 Å². The first-order valence-corrected chi connectivity index (χ1v) is 9.51. The van der Waals surface area contributed by atoms with Crippen LogP contribution in [0.4, 0.5) is 13.2 Å². The monoisotopic (exact) mass is 530 g/mol. The third kappa shape index (κ3) is 11.6. The molecule has 10 heteroatoms. The predicted molar refractivity (Wildman–Crippen MR) is 118 cm³/mol. The Labute approximate surface area is 187 Å². The van der Waals surface area contributed by atoms with Gasteiger partial charge in [-0.2, -0.15) is 13.2 Å². The van der Waals surface area contributed by atoms with E-state index in [1.807, 2.05) is 19.1 Å². The van der Waals surface area contributed by atoms with Crippen LogP contribution in [0.25, 0.3) is 0 Å². The summed E-state index contributed by atoms with van der Waals surface area (Å²) < 4.78 is 46.6. The van der Waals surface area contributed by atoms with Gasteiger partial charge in [0.25, 0.3) is 0 Å². The number of ether oxygens (including phenoxy) is 2. The zero-order valence-corrected chi connectivity index (χ0v) is 19.0. The van der Waals surface area contributed by atoms with E-state index in [1.54, 1.807) is 12.1 Å². The molecule has 2 rings (SSSR count). The highest BCUT2D eigenvalue weighted by atomic mass is 127. The molecule has 1 heterocycles. The Hall–Kier alpha value is -1.11. The summed E-state index contributed by atoms with van der Waals surface area (Å²) in [7, 11) is 0. The molecule has 1 saturated heterocycles. The van der Waals surface area contributed by atoms with E-state index in [9.17, 15) is 13.2 Å². The Morgan fingerprint density at radius 2 is 1.93 bits per heavy atom. The molecular weight excluding hydrogens is 500 g/mol. The quantitative estimate of drug-likeness (QED) is 0.292. The minimum absolute atomic E-state index is 0. The number of hydrogen-bond acceptors (Lipinski definition) is 4. The lowest BCUT2D eigenvalue weighted by molar-refractivity contribution is -0.176. The molecule has 1 aliphatic heterocycles. The van der Waals surface area contributed by atoms with Crippen molar-refractivity contribution in [2.45, 2.75) is 26.3 Å². The van der Waals surface area contributed by atoms with Gasteiger partial charge in [-0.3, -0.25) is 4.90 Å². The number of halogens is 4. The normalized spacial score (nSPS) is 15.7. The molecule has 6 nitrogen and oxygen atoms in total. The number of nitrogens with one attached hydrogen (secondary N) is 2. The summed E-state index contributed by atoms with van der Waals surface area (Å²) in [5.74, 6) is 0.717. The van der Waals surface area contributed by atoms with Gasteiger partial charge in [0.05, 0.1) is 26.4 Å². The minimum atomic E-state index is -4.31. The number of benzene rings is 1. The molecule has 0 amide bonds. The molecule has 166 valence electrons. The Balaban J connectivity index is 0.00000420. The van der Waals surface area contributed by atoms with Crippen LogP contribution >= 0.6 is 24.0 Å². The molecule has 1 aromatic carbocycles. The van der Waals surface area contributed by atoms with Gasteiger partial charge in [0.1, 0.15) is 6.61 Å². The Bertz CT molecular complexity index is 611. The van der Waals surface area contributed by atoms with Crippen LogP contribution in [-0.2, 0) is 22.6 Å². The van der Waals surface area contributed by atoms with Crippen molar-refractivity contribution in [1.29, 1.82) is 0 Å². The summed E-state index contributed by atoms with van der Waals surface area (Å²) in [5, 5.41) is 6.51. The summed E-state index contributed by atoms with van der Waals surface area (Å²) in [4.78, 5) is 6.90. The third-order valence-corrected chi connectivity index (χ3v) is 4.11. The molecule has 0 saturated carbocycles. The van der Waals surface area contributed by atoms with E-state index >= 15 is 0 Å². The van der Waals surface area contributed by atoms with Crippen molar-refractivity contribution in [2.75, 3.05) is 52.5 Å². The fourth-order valence-corrected chi connectivity index (χ4v) is 2.77. The van der Waals surface area contributed by atoms with E-state index in [4.69, 9.17) is 9.47 Å². The first-order valence-electron chi connectivity index (χ1n) is 9.51. The van der Waals surface area contributed by atoms with Crippen molar-refractivity contribution in [3.8, 4) is 0 Å². The molecule has 1 fully saturated rings. The first-order chi connectivity index (χ1) is 13.5. The molecule has 0 unspecified atom stereocenters. The number of hydrogen-bond donors (Lipinski definition) is 2. The first kappa shape index (κ1) is 25.9. The van der Waals surface area contributed by atoms with Crippen molar-refractivity contribution in [3.05, 3.63) is 35.4 Å². The van der Waals surface area contributed by atoms with Crippen LogP contribution in [-0.4, -0.2) is 69.6 Å². The van der Waals surface area contributed by atoms with E-state index in [0.717, 1.165) is 57.5 Å². The highest BCUT2D eigenvalue weighted by Crippen LogP contribution is 2.16. The van der Waals surface area contributed by atoms with E-state index in [-0.39, 0.29) is 30.6 Å². The topological polar surface area (TPSA) is 58.1 Å². The molecular formula is C19H30F3IN4O2. The number of aliphatic imine (C=N–C) groups is 1. The highest BCUT2D eigenvalue weighted by Gasteiger charge is 2.27. The maximum atomic E-state index is 12.2. The largest absolute Gasteiger partial charge is 0.411 e. The number of rotatable bonds is 9. The summed E-state index contributed by atoms with van der Waals surface area (Å²) in [6.45, 7) is 6.98. The van der Waals surface area contributed by atoms with Gasteiger partial charge in [0.2, 0.25) is 0 Å². The van der Waals surface area contributed by atoms with Gasteiger partial charge >= 0.3 is 6.18 Å². The molecule has 1 aliphatic rings. The molecule has 0 aromatic heterocycles. The Morgan fingerprint density at radius 1 is 1.21 bits per heavy atom. The highest BCUT2D eigenvalue weighted by molar-refractivity contribution is 14.0. The minimum Gasteiger partial charge on any atom is -0.379 e. The molecule has 0 bridgehead atoms. The van der Waals surface area contributed by atoms with Gasteiger partial charge in [-0.15, -0.1) is 24.0 Å². The molecule has 2 N–H and O–H groups in total. The van der Waals surface area contributed by atoms with Gasteiger partial charge in [-0.25, -0.2) is 4.99 Å². The number of guanidine groups is 1. The van der Waals surface area contributed by atoms with Crippen LogP contribution < -0.4 is 10.6 Å². The fraction of sp³-hybridized carbons (Fsp3) is 0.632. The Kier molecular flexibility index (Phi) is 12.5. The van der Waals surface area contributed by atoms with Gasteiger partial charge in [-0.05, 0) is 18.1 Å².